The average Bonchev–Trinajstić information content (AvgIpc) is 2.14. The first-order chi connectivity index (χ1) is 7.37. The molecule has 0 heterocycles. The van der Waals surface area contributed by atoms with Crippen LogP contribution in [0.25, 0.3) is 0 Å². The summed E-state index contributed by atoms with van der Waals surface area (Å²) in [5, 5.41) is 8.38. The molecule has 7 heteroatoms. The first-order valence-corrected chi connectivity index (χ1v) is 8.10. The van der Waals surface area contributed by atoms with Crippen molar-refractivity contribution in [3.63, 3.8) is 0 Å². The van der Waals surface area contributed by atoms with Gasteiger partial charge in [-0.2, -0.15) is 11.8 Å². The molecule has 96 valence electrons. The molecule has 1 atom stereocenters. The zero-order valence-electron chi connectivity index (χ0n) is 9.60. The zero-order valence-corrected chi connectivity index (χ0v) is 11.2. The Bertz CT molecular complexity index is 303. The van der Waals surface area contributed by atoms with Crippen LogP contribution >= 0.6 is 11.8 Å². The molecular formula is C9H19NO4S2. The maximum absolute atomic E-state index is 11.4. The Balaban J connectivity index is 3.83. The minimum absolute atomic E-state index is 0.110. The van der Waals surface area contributed by atoms with Crippen LogP contribution in [-0.2, 0) is 14.8 Å². The lowest BCUT2D eigenvalue weighted by Crippen LogP contribution is -2.31. The fourth-order valence-electron chi connectivity index (χ4n) is 1.10. The predicted octanol–water partition coefficient (Wildman–Crippen LogP) is 0.770. The number of hydrogen-bond donors (Lipinski definition) is 2. The van der Waals surface area contributed by atoms with Gasteiger partial charge in [0.15, 0.2) is 0 Å². The lowest BCUT2D eigenvalue weighted by atomic mass is 10.2. The molecule has 16 heavy (non-hydrogen) atoms. The summed E-state index contributed by atoms with van der Waals surface area (Å²) in [4.78, 5) is 10.2. The van der Waals surface area contributed by atoms with E-state index in [4.69, 9.17) is 5.11 Å². The number of sulfonamides is 1. The van der Waals surface area contributed by atoms with E-state index >= 15 is 0 Å². The van der Waals surface area contributed by atoms with Gasteiger partial charge < -0.3 is 5.11 Å². The van der Waals surface area contributed by atoms with Crippen molar-refractivity contribution >= 4 is 27.8 Å². The van der Waals surface area contributed by atoms with Crippen molar-refractivity contribution in [2.45, 2.75) is 19.8 Å². The molecule has 0 aliphatic heterocycles. The van der Waals surface area contributed by atoms with Crippen molar-refractivity contribution in [1.82, 2.24) is 4.72 Å². The lowest BCUT2D eigenvalue weighted by molar-refractivity contribution is -0.137. The van der Waals surface area contributed by atoms with E-state index in [2.05, 4.69) is 4.72 Å². The predicted molar refractivity (Wildman–Crippen MR) is 66.2 cm³/mol. The Morgan fingerprint density at radius 2 is 2.12 bits per heavy atom. The Kier molecular flexibility index (Phi) is 7.78. The highest BCUT2D eigenvalue weighted by Crippen LogP contribution is 2.03. The molecule has 0 spiro atoms. The van der Waals surface area contributed by atoms with Gasteiger partial charge in [-0.25, -0.2) is 13.1 Å². The summed E-state index contributed by atoms with van der Waals surface area (Å²) in [5.41, 5.74) is 0. The first-order valence-electron chi connectivity index (χ1n) is 5.05. The van der Waals surface area contributed by atoms with Crippen molar-refractivity contribution in [3.8, 4) is 0 Å². The molecule has 0 aromatic heterocycles. The molecule has 0 saturated heterocycles. The summed E-state index contributed by atoms with van der Waals surface area (Å²) < 4.78 is 25.3. The van der Waals surface area contributed by atoms with Crippen molar-refractivity contribution in [1.29, 1.82) is 0 Å². The van der Waals surface area contributed by atoms with E-state index in [0.29, 0.717) is 6.54 Å². The van der Waals surface area contributed by atoms with Crippen molar-refractivity contribution < 1.29 is 18.3 Å². The molecule has 0 aromatic rings. The van der Waals surface area contributed by atoms with Crippen LogP contribution in [0.4, 0.5) is 0 Å². The van der Waals surface area contributed by atoms with Crippen molar-refractivity contribution in [2.24, 2.45) is 5.92 Å². The lowest BCUT2D eigenvalue weighted by Gasteiger charge is -2.11. The van der Waals surface area contributed by atoms with E-state index < -0.39 is 16.0 Å². The van der Waals surface area contributed by atoms with E-state index in [9.17, 15) is 13.2 Å². The van der Waals surface area contributed by atoms with Gasteiger partial charge in [0.1, 0.15) is 0 Å². The quantitative estimate of drug-likeness (QED) is 0.646. The molecule has 0 fully saturated rings. The van der Waals surface area contributed by atoms with Gasteiger partial charge in [-0.05, 0) is 24.3 Å². The molecule has 0 aliphatic carbocycles. The van der Waals surface area contributed by atoms with Crippen molar-refractivity contribution in [3.05, 3.63) is 0 Å². The smallest absolute Gasteiger partial charge is 0.303 e. The Morgan fingerprint density at radius 3 is 2.62 bits per heavy atom. The summed E-state index contributed by atoms with van der Waals surface area (Å²) in [5.74, 6) is 0.0957. The summed E-state index contributed by atoms with van der Waals surface area (Å²) in [6.45, 7) is 2.38. The number of hydrogen-bond acceptors (Lipinski definition) is 4. The Labute approximate surface area is 101 Å². The fourth-order valence-corrected chi connectivity index (χ4v) is 2.99. The van der Waals surface area contributed by atoms with Crippen LogP contribution in [0.1, 0.15) is 19.8 Å². The second-order valence-corrected chi connectivity index (χ2v) is 6.56. The standard InChI is InChI=1S/C9H19NO4S2/c1-8(7-15-2)6-10-16(13,14)5-3-4-9(11)12/h8,10H,3-7H2,1-2H3,(H,11,12). The van der Waals surface area contributed by atoms with Crippen LogP contribution in [0.15, 0.2) is 0 Å². The SMILES string of the molecule is CSCC(C)CNS(=O)(=O)CCCC(=O)O. The van der Waals surface area contributed by atoms with Crippen LogP contribution in [0, 0.1) is 5.92 Å². The molecule has 2 N–H and O–H groups in total. The second-order valence-electron chi connectivity index (χ2n) is 3.73. The number of carboxylic acid groups (broad SMARTS) is 1. The van der Waals surface area contributed by atoms with E-state index in [1.807, 2.05) is 13.2 Å². The van der Waals surface area contributed by atoms with Gasteiger partial charge in [0.2, 0.25) is 10.0 Å². The highest BCUT2D eigenvalue weighted by atomic mass is 32.2. The summed E-state index contributed by atoms with van der Waals surface area (Å²) in [7, 11) is -3.31. The Morgan fingerprint density at radius 1 is 1.50 bits per heavy atom. The number of nitrogens with one attached hydrogen (secondary N) is 1. The minimum Gasteiger partial charge on any atom is -0.481 e. The number of carboxylic acids is 1. The van der Waals surface area contributed by atoms with Gasteiger partial charge >= 0.3 is 5.97 Å². The molecule has 0 amide bonds. The maximum Gasteiger partial charge on any atom is 0.303 e. The molecule has 5 nitrogen and oxygen atoms in total. The summed E-state index contributed by atoms with van der Waals surface area (Å²) >= 11 is 1.67. The highest BCUT2D eigenvalue weighted by Gasteiger charge is 2.12. The van der Waals surface area contributed by atoms with Gasteiger partial charge in [0.25, 0.3) is 0 Å². The van der Waals surface area contributed by atoms with Gasteiger partial charge in [0.05, 0.1) is 5.75 Å². The van der Waals surface area contributed by atoms with E-state index in [0.717, 1.165) is 5.75 Å². The average molecular weight is 269 g/mol. The van der Waals surface area contributed by atoms with E-state index in [-0.39, 0.29) is 24.5 Å². The molecular weight excluding hydrogens is 250 g/mol. The van der Waals surface area contributed by atoms with Crippen LogP contribution < -0.4 is 4.72 Å². The monoisotopic (exact) mass is 269 g/mol. The molecule has 1 unspecified atom stereocenters. The molecule has 0 bridgehead atoms. The molecule has 0 aliphatic rings. The van der Waals surface area contributed by atoms with E-state index in [1.54, 1.807) is 11.8 Å². The number of carbonyl (C=O) groups is 1. The van der Waals surface area contributed by atoms with E-state index in [1.165, 1.54) is 0 Å². The van der Waals surface area contributed by atoms with Crippen LogP contribution in [0.3, 0.4) is 0 Å². The molecule has 0 rings (SSSR count). The topological polar surface area (TPSA) is 83.5 Å². The third-order valence-electron chi connectivity index (χ3n) is 1.91. The number of thioether (sulfide) groups is 1. The van der Waals surface area contributed by atoms with Crippen LogP contribution in [-0.4, -0.2) is 43.8 Å². The van der Waals surface area contributed by atoms with Crippen LogP contribution in [0.2, 0.25) is 0 Å². The maximum atomic E-state index is 11.4. The first kappa shape index (κ1) is 15.7. The zero-order chi connectivity index (χ0) is 12.6. The molecule has 0 aromatic carbocycles. The van der Waals surface area contributed by atoms with Crippen LogP contribution in [0.5, 0.6) is 0 Å². The second kappa shape index (κ2) is 7.92. The largest absolute Gasteiger partial charge is 0.481 e. The van der Waals surface area contributed by atoms with Crippen molar-refractivity contribution in [2.75, 3.05) is 24.3 Å². The third-order valence-corrected chi connectivity index (χ3v) is 4.24. The minimum atomic E-state index is -3.31. The summed E-state index contributed by atoms with van der Waals surface area (Å²) in [6, 6.07) is 0. The molecule has 0 saturated carbocycles. The molecule has 0 radical (unpaired) electrons. The number of rotatable bonds is 9. The normalized spacial score (nSPS) is 13.6. The van der Waals surface area contributed by atoms with Gasteiger partial charge in [-0.15, -0.1) is 0 Å². The highest BCUT2D eigenvalue weighted by molar-refractivity contribution is 7.98. The van der Waals surface area contributed by atoms with Gasteiger partial charge in [-0.3, -0.25) is 4.79 Å². The fraction of sp³-hybridized carbons (Fsp3) is 0.889. The summed E-state index contributed by atoms with van der Waals surface area (Å²) in [6.07, 6.45) is 2.01. The van der Waals surface area contributed by atoms with Gasteiger partial charge in [0, 0.05) is 13.0 Å². The number of aliphatic carboxylic acids is 1. The Hall–Kier alpha value is -0.270. The van der Waals surface area contributed by atoms with Gasteiger partial charge in [-0.1, -0.05) is 6.92 Å². The third kappa shape index (κ3) is 8.99.